The van der Waals surface area contributed by atoms with E-state index in [0.717, 1.165) is 10.5 Å². The molecule has 6 nitrogen and oxygen atoms in total. The number of carbonyl (C=O) groups is 2. The van der Waals surface area contributed by atoms with Crippen LogP contribution in [-0.4, -0.2) is 29.0 Å². The minimum absolute atomic E-state index is 0.0811. The Morgan fingerprint density at radius 3 is 2.46 bits per heavy atom. The molecule has 0 aliphatic rings. The lowest BCUT2D eigenvalue weighted by Gasteiger charge is -2.15. The van der Waals surface area contributed by atoms with Crippen molar-refractivity contribution in [2.24, 2.45) is 0 Å². The number of amides is 1. The molecule has 1 amide bonds. The van der Waals surface area contributed by atoms with Crippen LogP contribution in [0.1, 0.15) is 5.56 Å². The lowest BCUT2D eigenvalue weighted by Crippen LogP contribution is -2.42. The van der Waals surface area contributed by atoms with Gasteiger partial charge in [0.25, 0.3) is 0 Å². The van der Waals surface area contributed by atoms with Crippen molar-refractivity contribution in [2.75, 3.05) is 11.5 Å². The van der Waals surface area contributed by atoms with Crippen molar-refractivity contribution < 1.29 is 19.4 Å². The predicted molar refractivity (Wildman–Crippen MR) is 92.8 cm³/mol. The van der Waals surface area contributed by atoms with Gasteiger partial charge < -0.3 is 20.9 Å². The molecule has 126 valence electrons. The van der Waals surface area contributed by atoms with Gasteiger partial charge >= 0.3 is 12.1 Å². The van der Waals surface area contributed by atoms with Crippen LogP contribution >= 0.6 is 11.8 Å². The highest BCUT2D eigenvalue weighted by atomic mass is 32.2. The smallest absolute Gasteiger partial charge is 0.408 e. The van der Waals surface area contributed by atoms with E-state index < -0.39 is 18.1 Å². The van der Waals surface area contributed by atoms with Crippen molar-refractivity contribution in [3.05, 3.63) is 60.2 Å². The Morgan fingerprint density at radius 2 is 1.79 bits per heavy atom. The number of nitrogens with two attached hydrogens (primary N) is 1. The highest BCUT2D eigenvalue weighted by Gasteiger charge is 2.21. The molecule has 0 aromatic heterocycles. The molecular formula is C17H18N2O4S. The zero-order chi connectivity index (χ0) is 17.4. The number of hydrogen-bond acceptors (Lipinski definition) is 5. The Balaban J connectivity index is 1.85. The SMILES string of the molecule is Nc1ccccc1SC[C@@H](NC(=O)OCc1ccccc1)C(=O)O. The fraction of sp³-hybridized carbons (Fsp3) is 0.176. The molecule has 0 bridgehead atoms. The Kier molecular flexibility index (Phi) is 6.51. The number of carbonyl (C=O) groups excluding carboxylic acids is 1. The van der Waals surface area contributed by atoms with Gasteiger partial charge in [-0.05, 0) is 17.7 Å². The van der Waals surface area contributed by atoms with E-state index in [9.17, 15) is 14.7 Å². The summed E-state index contributed by atoms with van der Waals surface area (Å²) in [4.78, 5) is 23.8. The van der Waals surface area contributed by atoms with Crippen molar-refractivity contribution in [3.8, 4) is 0 Å². The van der Waals surface area contributed by atoms with Crippen LogP contribution in [0.3, 0.4) is 0 Å². The number of anilines is 1. The molecule has 0 saturated heterocycles. The van der Waals surface area contributed by atoms with Crippen molar-refractivity contribution >= 4 is 29.5 Å². The maximum atomic E-state index is 11.8. The van der Waals surface area contributed by atoms with Crippen LogP contribution in [0.15, 0.2) is 59.5 Å². The average Bonchev–Trinajstić information content (AvgIpc) is 2.58. The molecule has 0 saturated carbocycles. The number of carboxylic acid groups (broad SMARTS) is 1. The van der Waals surface area contributed by atoms with Crippen molar-refractivity contribution in [1.29, 1.82) is 0 Å². The summed E-state index contributed by atoms with van der Waals surface area (Å²) < 4.78 is 5.04. The van der Waals surface area contributed by atoms with Gasteiger partial charge in [0, 0.05) is 16.3 Å². The second kappa shape index (κ2) is 8.83. The van der Waals surface area contributed by atoms with E-state index in [4.69, 9.17) is 10.5 Å². The minimum atomic E-state index is -1.13. The molecule has 0 unspecified atom stereocenters. The first kappa shape index (κ1) is 17.7. The van der Waals surface area contributed by atoms with Crippen molar-refractivity contribution in [2.45, 2.75) is 17.5 Å². The van der Waals surface area contributed by atoms with Crippen molar-refractivity contribution in [3.63, 3.8) is 0 Å². The number of carboxylic acids is 1. The molecule has 4 N–H and O–H groups in total. The molecule has 0 aliphatic carbocycles. The van der Waals surface area contributed by atoms with Crippen LogP contribution in [0.5, 0.6) is 0 Å². The molecule has 2 aromatic carbocycles. The van der Waals surface area contributed by atoms with Gasteiger partial charge in [-0.3, -0.25) is 0 Å². The number of aliphatic carboxylic acids is 1. The molecule has 0 aliphatic heterocycles. The monoisotopic (exact) mass is 346 g/mol. The first-order valence-corrected chi connectivity index (χ1v) is 8.22. The van der Waals surface area contributed by atoms with Crippen LogP contribution in [0.2, 0.25) is 0 Å². The fourth-order valence-corrected chi connectivity index (χ4v) is 2.85. The van der Waals surface area contributed by atoms with Gasteiger partial charge in [0.15, 0.2) is 0 Å². The van der Waals surface area contributed by atoms with Crippen LogP contribution in [-0.2, 0) is 16.1 Å². The Hall–Kier alpha value is -2.67. The second-order valence-electron chi connectivity index (χ2n) is 4.95. The maximum absolute atomic E-state index is 11.8. The molecule has 0 heterocycles. The number of para-hydroxylation sites is 1. The highest BCUT2D eigenvalue weighted by Crippen LogP contribution is 2.24. The van der Waals surface area contributed by atoms with Gasteiger partial charge in [-0.25, -0.2) is 9.59 Å². The van der Waals surface area contributed by atoms with E-state index in [2.05, 4.69) is 5.32 Å². The first-order chi connectivity index (χ1) is 11.6. The summed E-state index contributed by atoms with van der Waals surface area (Å²) >= 11 is 1.26. The van der Waals surface area contributed by atoms with Gasteiger partial charge in [-0.15, -0.1) is 11.8 Å². The number of benzene rings is 2. The number of nitrogen functional groups attached to an aromatic ring is 1. The fourth-order valence-electron chi connectivity index (χ4n) is 1.87. The molecule has 2 rings (SSSR count). The third-order valence-electron chi connectivity index (χ3n) is 3.13. The lowest BCUT2D eigenvalue weighted by molar-refractivity contribution is -0.138. The highest BCUT2D eigenvalue weighted by molar-refractivity contribution is 7.99. The van der Waals surface area contributed by atoms with Gasteiger partial charge in [0.05, 0.1) is 0 Å². The average molecular weight is 346 g/mol. The first-order valence-electron chi connectivity index (χ1n) is 7.23. The molecule has 2 aromatic rings. The number of nitrogens with one attached hydrogen (secondary N) is 1. The molecular weight excluding hydrogens is 328 g/mol. The van der Waals surface area contributed by atoms with E-state index in [1.165, 1.54) is 11.8 Å². The number of alkyl carbamates (subject to hydrolysis) is 1. The molecule has 7 heteroatoms. The summed E-state index contributed by atoms with van der Waals surface area (Å²) in [5.41, 5.74) is 7.21. The maximum Gasteiger partial charge on any atom is 0.408 e. The van der Waals surface area contributed by atoms with Crippen LogP contribution < -0.4 is 11.1 Å². The molecule has 0 radical (unpaired) electrons. The van der Waals surface area contributed by atoms with Gasteiger partial charge in [0.2, 0.25) is 0 Å². The third-order valence-corrected chi connectivity index (χ3v) is 4.31. The molecule has 0 fully saturated rings. The van der Waals surface area contributed by atoms with Crippen LogP contribution in [0.25, 0.3) is 0 Å². The number of hydrogen-bond donors (Lipinski definition) is 3. The number of ether oxygens (including phenoxy) is 1. The summed E-state index contributed by atoms with van der Waals surface area (Å²) in [6.45, 7) is 0.0811. The summed E-state index contributed by atoms with van der Waals surface area (Å²) in [5.74, 6) is -0.988. The molecule has 1 atom stereocenters. The quantitative estimate of drug-likeness (QED) is 0.526. The number of thioether (sulfide) groups is 1. The second-order valence-corrected chi connectivity index (χ2v) is 6.01. The van der Waals surface area contributed by atoms with Gasteiger partial charge in [0.1, 0.15) is 12.6 Å². The normalized spacial score (nSPS) is 11.5. The van der Waals surface area contributed by atoms with E-state index in [0.29, 0.717) is 5.69 Å². The lowest BCUT2D eigenvalue weighted by atomic mass is 10.2. The van der Waals surface area contributed by atoms with E-state index in [1.54, 1.807) is 18.2 Å². The van der Waals surface area contributed by atoms with E-state index >= 15 is 0 Å². The molecule has 24 heavy (non-hydrogen) atoms. The summed E-state index contributed by atoms with van der Waals surface area (Å²) in [6, 6.07) is 15.2. The summed E-state index contributed by atoms with van der Waals surface area (Å²) in [6.07, 6.45) is -0.770. The topological polar surface area (TPSA) is 102 Å². The van der Waals surface area contributed by atoms with E-state index in [-0.39, 0.29) is 12.4 Å². The molecule has 0 spiro atoms. The van der Waals surface area contributed by atoms with Gasteiger partial charge in [-0.2, -0.15) is 0 Å². The van der Waals surface area contributed by atoms with Gasteiger partial charge in [-0.1, -0.05) is 42.5 Å². The van der Waals surface area contributed by atoms with Crippen LogP contribution in [0, 0.1) is 0 Å². The van der Waals surface area contributed by atoms with Crippen molar-refractivity contribution in [1.82, 2.24) is 5.32 Å². The Labute approximate surface area is 144 Å². The number of rotatable bonds is 7. The predicted octanol–water partition coefficient (Wildman–Crippen LogP) is 2.74. The standard InChI is InChI=1S/C17H18N2O4S/c18-13-8-4-5-9-15(13)24-11-14(16(20)21)19-17(22)23-10-12-6-2-1-3-7-12/h1-9,14H,10-11,18H2,(H,19,22)(H,20,21)/t14-/m1/s1. The van der Waals surface area contributed by atoms with E-state index in [1.807, 2.05) is 36.4 Å². The largest absolute Gasteiger partial charge is 0.480 e. The Bertz CT molecular complexity index is 694. The third kappa shape index (κ3) is 5.51. The zero-order valence-corrected chi connectivity index (χ0v) is 13.7. The minimum Gasteiger partial charge on any atom is -0.480 e. The summed E-state index contributed by atoms with van der Waals surface area (Å²) in [7, 11) is 0. The summed E-state index contributed by atoms with van der Waals surface area (Å²) in [5, 5.41) is 11.6. The zero-order valence-electron chi connectivity index (χ0n) is 12.8. The van der Waals surface area contributed by atoms with Crippen LogP contribution in [0.4, 0.5) is 10.5 Å². The Morgan fingerprint density at radius 1 is 1.12 bits per heavy atom.